The highest BCUT2D eigenvalue weighted by molar-refractivity contribution is 5.66. The number of halogens is 2. The molecule has 3 rings (SSSR count). The maximum Gasteiger partial charge on any atom is 0.133 e. The number of aryl methyl sites for hydroxylation is 1. The molecule has 0 atom stereocenters. The molecule has 2 aromatic rings. The molecule has 2 aromatic carbocycles. The van der Waals surface area contributed by atoms with Crippen LogP contribution in [0.15, 0.2) is 36.4 Å². The molecule has 1 aliphatic heterocycles. The van der Waals surface area contributed by atoms with Crippen LogP contribution in [-0.2, 0) is 0 Å². The van der Waals surface area contributed by atoms with Gasteiger partial charge in [0.05, 0.1) is 0 Å². The van der Waals surface area contributed by atoms with Gasteiger partial charge in [0.1, 0.15) is 11.6 Å². The molecule has 0 unspecified atom stereocenters. The van der Waals surface area contributed by atoms with Crippen molar-refractivity contribution in [2.75, 3.05) is 13.1 Å². The van der Waals surface area contributed by atoms with Gasteiger partial charge in [-0.05, 0) is 67.6 Å². The molecule has 0 radical (unpaired) electrons. The molecular formula is C18H19F2N. The molecular weight excluding hydrogens is 268 g/mol. The van der Waals surface area contributed by atoms with Gasteiger partial charge in [0.25, 0.3) is 0 Å². The maximum atomic E-state index is 14.3. The van der Waals surface area contributed by atoms with E-state index in [0.29, 0.717) is 22.6 Å². The van der Waals surface area contributed by atoms with Gasteiger partial charge in [-0.15, -0.1) is 0 Å². The zero-order valence-electron chi connectivity index (χ0n) is 12.1. The fourth-order valence-corrected chi connectivity index (χ4v) is 3.03. The Bertz CT molecular complexity index is 646. The molecule has 3 heteroatoms. The van der Waals surface area contributed by atoms with Crippen LogP contribution in [0.25, 0.3) is 11.1 Å². The van der Waals surface area contributed by atoms with Crippen molar-refractivity contribution in [1.82, 2.24) is 5.32 Å². The fraction of sp³-hybridized carbons (Fsp3) is 0.333. The Morgan fingerprint density at radius 1 is 1.05 bits per heavy atom. The first-order chi connectivity index (χ1) is 10.1. The topological polar surface area (TPSA) is 12.0 Å². The van der Waals surface area contributed by atoms with Gasteiger partial charge < -0.3 is 5.32 Å². The van der Waals surface area contributed by atoms with Crippen molar-refractivity contribution in [3.8, 4) is 11.1 Å². The van der Waals surface area contributed by atoms with Crippen LogP contribution >= 0.6 is 0 Å². The summed E-state index contributed by atoms with van der Waals surface area (Å²) in [4.78, 5) is 0. The fourth-order valence-electron chi connectivity index (χ4n) is 3.03. The molecule has 1 fully saturated rings. The van der Waals surface area contributed by atoms with E-state index in [2.05, 4.69) is 5.32 Å². The van der Waals surface area contributed by atoms with Crippen LogP contribution in [0.5, 0.6) is 0 Å². The van der Waals surface area contributed by atoms with Crippen molar-refractivity contribution in [3.63, 3.8) is 0 Å². The Hall–Kier alpha value is -1.74. The smallest absolute Gasteiger partial charge is 0.133 e. The van der Waals surface area contributed by atoms with E-state index in [1.165, 1.54) is 6.07 Å². The Morgan fingerprint density at radius 2 is 1.81 bits per heavy atom. The van der Waals surface area contributed by atoms with E-state index < -0.39 is 0 Å². The molecule has 0 bridgehead atoms. The molecule has 0 spiro atoms. The van der Waals surface area contributed by atoms with Crippen molar-refractivity contribution < 1.29 is 8.78 Å². The predicted molar refractivity (Wildman–Crippen MR) is 81.4 cm³/mol. The van der Waals surface area contributed by atoms with Crippen LogP contribution in [0.3, 0.4) is 0 Å². The van der Waals surface area contributed by atoms with Gasteiger partial charge in [0, 0.05) is 5.56 Å². The summed E-state index contributed by atoms with van der Waals surface area (Å²) in [5.41, 5.74) is 2.67. The summed E-state index contributed by atoms with van der Waals surface area (Å²) in [6, 6.07) is 10.2. The van der Waals surface area contributed by atoms with Crippen LogP contribution < -0.4 is 5.32 Å². The number of benzene rings is 2. The number of nitrogens with one attached hydrogen (secondary N) is 1. The van der Waals surface area contributed by atoms with E-state index in [0.717, 1.165) is 31.5 Å². The predicted octanol–water partition coefficient (Wildman–Crippen LogP) is 4.41. The second-order valence-corrected chi connectivity index (χ2v) is 5.73. The Balaban J connectivity index is 2.03. The molecule has 0 saturated carbocycles. The summed E-state index contributed by atoms with van der Waals surface area (Å²) < 4.78 is 28.2. The van der Waals surface area contributed by atoms with Crippen molar-refractivity contribution in [3.05, 3.63) is 59.2 Å². The lowest BCUT2D eigenvalue weighted by molar-refractivity contribution is 0.458. The van der Waals surface area contributed by atoms with Crippen LogP contribution in [0, 0.1) is 18.6 Å². The van der Waals surface area contributed by atoms with Gasteiger partial charge in [-0.3, -0.25) is 0 Å². The van der Waals surface area contributed by atoms with Gasteiger partial charge in [-0.2, -0.15) is 0 Å². The number of hydrogen-bond donors (Lipinski definition) is 1. The largest absolute Gasteiger partial charge is 0.317 e. The molecule has 1 N–H and O–H groups in total. The molecule has 21 heavy (non-hydrogen) atoms. The molecule has 0 aromatic heterocycles. The van der Waals surface area contributed by atoms with Gasteiger partial charge in [-0.1, -0.05) is 24.3 Å². The minimum Gasteiger partial charge on any atom is -0.317 e. The van der Waals surface area contributed by atoms with Crippen LogP contribution in [0.2, 0.25) is 0 Å². The van der Waals surface area contributed by atoms with E-state index in [-0.39, 0.29) is 11.6 Å². The quantitative estimate of drug-likeness (QED) is 0.863. The molecule has 1 aliphatic rings. The highest BCUT2D eigenvalue weighted by atomic mass is 19.1. The van der Waals surface area contributed by atoms with Crippen molar-refractivity contribution in [2.45, 2.75) is 25.7 Å². The summed E-state index contributed by atoms with van der Waals surface area (Å²) in [5.74, 6) is -0.199. The van der Waals surface area contributed by atoms with E-state index in [9.17, 15) is 8.78 Å². The number of hydrogen-bond acceptors (Lipinski definition) is 1. The molecule has 0 amide bonds. The van der Waals surface area contributed by atoms with Gasteiger partial charge >= 0.3 is 0 Å². The summed E-state index contributed by atoms with van der Waals surface area (Å²) in [5, 5.41) is 3.31. The first-order valence-electron chi connectivity index (χ1n) is 7.42. The van der Waals surface area contributed by atoms with Gasteiger partial charge in [0.15, 0.2) is 0 Å². The average molecular weight is 287 g/mol. The minimum atomic E-state index is -0.290. The van der Waals surface area contributed by atoms with E-state index in [1.807, 2.05) is 12.1 Å². The minimum absolute atomic E-state index is 0.264. The molecule has 0 aliphatic carbocycles. The standard InChI is InChI=1S/C18H19F2N/c1-12-3-2-4-17(18(12)20)15-9-14(10-16(19)11-15)13-5-7-21-8-6-13/h2-4,9-11,13,21H,5-8H2,1H3. The first kappa shape index (κ1) is 14.2. The van der Waals surface area contributed by atoms with Crippen LogP contribution in [0.1, 0.15) is 29.9 Å². The monoisotopic (exact) mass is 287 g/mol. The molecule has 1 nitrogen and oxygen atoms in total. The third-order valence-electron chi connectivity index (χ3n) is 4.23. The highest BCUT2D eigenvalue weighted by Gasteiger charge is 2.17. The van der Waals surface area contributed by atoms with Gasteiger partial charge in [-0.25, -0.2) is 8.78 Å². The molecule has 110 valence electrons. The Morgan fingerprint density at radius 3 is 2.57 bits per heavy atom. The SMILES string of the molecule is Cc1cccc(-c2cc(F)cc(C3CCNCC3)c2)c1F. The Labute approximate surface area is 124 Å². The summed E-state index contributed by atoms with van der Waals surface area (Å²) >= 11 is 0. The number of piperidine rings is 1. The summed E-state index contributed by atoms with van der Waals surface area (Å²) in [7, 11) is 0. The second-order valence-electron chi connectivity index (χ2n) is 5.73. The van der Waals surface area contributed by atoms with Crippen LogP contribution in [-0.4, -0.2) is 13.1 Å². The zero-order chi connectivity index (χ0) is 14.8. The summed E-state index contributed by atoms with van der Waals surface area (Å²) in [6.07, 6.45) is 2.00. The lowest BCUT2D eigenvalue weighted by atomic mass is 9.88. The lowest BCUT2D eigenvalue weighted by Gasteiger charge is -2.23. The maximum absolute atomic E-state index is 14.3. The molecule has 1 heterocycles. The second kappa shape index (κ2) is 5.94. The third-order valence-corrected chi connectivity index (χ3v) is 4.23. The van der Waals surface area contributed by atoms with Crippen molar-refractivity contribution in [1.29, 1.82) is 0 Å². The normalized spacial score (nSPS) is 16.1. The molecule has 1 saturated heterocycles. The number of rotatable bonds is 2. The average Bonchev–Trinajstić information content (AvgIpc) is 2.50. The van der Waals surface area contributed by atoms with E-state index in [1.54, 1.807) is 25.1 Å². The Kier molecular flexibility index (Phi) is 4.02. The lowest BCUT2D eigenvalue weighted by Crippen LogP contribution is -2.26. The van der Waals surface area contributed by atoms with Crippen LogP contribution in [0.4, 0.5) is 8.78 Å². The summed E-state index contributed by atoms with van der Waals surface area (Å²) in [6.45, 7) is 3.64. The van der Waals surface area contributed by atoms with Gasteiger partial charge in [0.2, 0.25) is 0 Å². The third kappa shape index (κ3) is 2.98. The first-order valence-corrected chi connectivity index (χ1v) is 7.42. The van der Waals surface area contributed by atoms with E-state index >= 15 is 0 Å². The highest BCUT2D eigenvalue weighted by Crippen LogP contribution is 2.31. The van der Waals surface area contributed by atoms with Crippen molar-refractivity contribution >= 4 is 0 Å². The van der Waals surface area contributed by atoms with E-state index in [4.69, 9.17) is 0 Å². The zero-order valence-corrected chi connectivity index (χ0v) is 12.1. The van der Waals surface area contributed by atoms with Crippen molar-refractivity contribution in [2.24, 2.45) is 0 Å².